The molecule has 0 N–H and O–H groups in total. The maximum atomic E-state index is 12.8. The van der Waals surface area contributed by atoms with Gasteiger partial charge >= 0.3 is 0 Å². The van der Waals surface area contributed by atoms with Gasteiger partial charge in [-0.15, -0.1) is 0 Å². The summed E-state index contributed by atoms with van der Waals surface area (Å²) in [5.74, 6) is 0.549. The molecule has 0 aliphatic carbocycles. The minimum atomic E-state index is -0.0312. The second-order valence-electron chi connectivity index (χ2n) is 9.91. The Labute approximate surface area is 212 Å². The number of methoxy groups -OCH3 is 1. The summed E-state index contributed by atoms with van der Waals surface area (Å²) in [5.41, 5.74) is 7.58. The van der Waals surface area contributed by atoms with Crippen molar-refractivity contribution < 1.29 is 4.74 Å². The number of pyridine rings is 2. The lowest BCUT2D eigenvalue weighted by Crippen LogP contribution is -2.53. The van der Waals surface area contributed by atoms with Crippen LogP contribution in [0.1, 0.15) is 35.2 Å². The van der Waals surface area contributed by atoms with Crippen molar-refractivity contribution in [3.8, 4) is 5.88 Å². The number of benzene rings is 2. The van der Waals surface area contributed by atoms with Crippen molar-refractivity contribution in [3.63, 3.8) is 0 Å². The molecule has 0 bridgehead atoms. The van der Waals surface area contributed by atoms with Crippen LogP contribution < -0.4 is 15.2 Å². The number of fused-ring (bicyclic) bond motifs is 1. The molecule has 6 heteroatoms. The highest BCUT2D eigenvalue weighted by Crippen LogP contribution is 2.34. The van der Waals surface area contributed by atoms with Gasteiger partial charge in [-0.1, -0.05) is 59.7 Å². The van der Waals surface area contributed by atoms with Crippen LogP contribution in [0.2, 0.25) is 0 Å². The number of piperazine rings is 1. The fourth-order valence-corrected chi connectivity index (χ4v) is 5.32. The van der Waals surface area contributed by atoms with Gasteiger partial charge < -0.3 is 14.2 Å². The quantitative estimate of drug-likeness (QED) is 0.407. The lowest BCUT2D eigenvalue weighted by Gasteiger charge is -2.44. The first-order chi connectivity index (χ1) is 17.4. The van der Waals surface area contributed by atoms with Crippen molar-refractivity contribution in [1.29, 1.82) is 0 Å². The zero-order valence-corrected chi connectivity index (χ0v) is 21.7. The van der Waals surface area contributed by atoms with E-state index in [0.717, 1.165) is 36.4 Å². The molecule has 4 aromatic rings. The van der Waals surface area contributed by atoms with Gasteiger partial charge in [-0.2, -0.15) is 0 Å². The zero-order chi connectivity index (χ0) is 25.4. The van der Waals surface area contributed by atoms with Gasteiger partial charge in [-0.05, 0) is 38.0 Å². The van der Waals surface area contributed by atoms with Crippen LogP contribution in [0.5, 0.6) is 5.88 Å². The molecule has 1 saturated heterocycles. The third-order valence-electron chi connectivity index (χ3n) is 7.37. The Bertz CT molecular complexity index is 1380. The fourth-order valence-electron chi connectivity index (χ4n) is 5.32. The first-order valence-corrected chi connectivity index (χ1v) is 12.5. The van der Waals surface area contributed by atoms with E-state index in [1.165, 1.54) is 22.3 Å². The summed E-state index contributed by atoms with van der Waals surface area (Å²) in [5, 5.41) is 0. The van der Waals surface area contributed by atoms with Crippen molar-refractivity contribution in [1.82, 2.24) is 14.5 Å². The average molecular weight is 483 g/mol. The number of rotatable bonds is 5. The summed E-state index contributed by atoms with van der Waals surface area (Å²) < 4.78 is 7.05. The van der Waals surface area contributed by atoms with Crippen LogP contribution in [0.3, 0.4) is 0 Å². The van der Waals surface area contributed by atoms with Crippen LogP contribution in [-0.2, 0) is 7.05 Å². The Kier molecular flexibility index (Phi) is 6.54. The van der Waals surface area contributed by atoms with Gasteiger partial charge in [0.1, 0.15) is 5.52 Å². The molecule has 1 unspecified atom stereocenters. The van der Waals surface area contributed by atoms with Crippen LogP contribution in [-0.4, -0.2) is 47.2 Å². The Hall–Kier alpha value is -3.64. The second-order valence-corrected chi connectivity index (χ2v) is 9.91. The standard InChI is InChI=1S/C30H34N4O2/c1-20-6-10-23(11-7-20)30(24-12-8-21(2)9-13-24)33-16-17-34(22(3)19-33)26-18-28(35)32(4)25-14-15-27(36-5)31-29(25)26/h6-15,18,22,30H,16-17,19H2,1-5H3. The number of ether oxygens (including phenoxy) is 1. The van der Waals surface area contributed by atoms with E-state index in [1.54, 1.807) is 30.9 Å². The van der Waals surface area contributed by atoms with Crippen LogP contribution in [0.15, 0.2) is 71.5 Å². The van der Waals surface area contributed by atoms with Crippen molar-refractivity contribution in [2.75, 3.05) is 31.6 Å². The summed E-state index contributed by atoms with van der Waals surface area (Å²) in [7, 11) is 3.41. The van der Waals surface area contributed by atoms with Gasteiger partial charge in [-0.3, -0.25) is 9.69 Å². The van der Waals surface area contributed by atoms with Crippen LogP contribution in [0.25, 0.3) is 11.0 Å². The van der Waals surface area contributed by atoms with Gasteiger partial charge in [-0.25, -0.2) is 4.98 Å². The maximum Gasteiger partial charge on any atom is 0.252 e. The van der Waals surface area contributed by atoms with Crippen molar-refractivity contribution >= 4 is 16.7 Å². The van der Waals surface area contributed by atoms with E-state index < -0.39 is 0 Å². The lowest BCUT2D eigenvalue weighted by molar-refractivity contribution is 0.188. The third-order valence-corrected chi connectivity index (χ3v) is 7.37. The minimum absolute atomic E-state index is 0.0312. The van der Waals surface area contributed by atoms with Crippen molar-refractivity contribution in [3.05, 3.63) is 99.3 Å². The molecule has 1 atom stereocenters. The first kappa shape index (κ1) is 24.1. The molecular weight excluding hydrogens is 448 g/mol. The molecule has 0 spiro atoms. The number of anilines is 1. The van der Waals surface area contributed by atoms with Gasteiger partial charge in [0.15, 0.2) is 0 Å². The molecule has 0 saturated carbocycles. The smallest absolute Gasteiger partial charge is 0.252 e. The van der Waals surface area contributed by atoms with Crippen molar-refractivity contribution in [2.24, 2.45) is 7.05 Å². The van der Waals surface area contributed by atoms with Gasteiger partial charge in [0.05, 0.1) is 24.4 Å². The Morgan fingerprint density at radius 2 is 1.53 bits per heavy atom. The molecule has 2 aromatic carbocycles. The van der Waals surface area contributed by atoms with E-state index >= 15 is 0 Å². The van der Waals surface area contributed by atoms with Crippen molar-refractivity contribution in [2.45, 2.75) is 32.9 Å². The number of aryl methyl sites for hydroxylation is 3. The molecule has 2 aromatic heterocycles. The fraction of sp³-hybridized carbons (Fsp3) is 0.333. The monoisotopic (exact) mass is 482 g/mol. The molecule has 1 aliphatic heterocycles. The SMILES string of the molecule is COc1ccc2c(n1)c(N1CCN(C(c3ccc(C)cc3)c3ccc(C)cc3)CC1C)cc(=O)n2C. The normalized spacial score (nSPS) is 16.6. The second kappa shape index (κ2) is 9.78. The maximum absolute atomic E-state index is 12.8. The topological polar surface area (TPSA) is 50.6 Å². The molecule has 0 radical (unpaired) electrons. The molecular formula is C30H34N4O2. The van der Waals surface area contributed by atoms with E-state index in [-0.39, 0.29) is 17.6 Å². The summed E-state index contributed by atoms with van der Waals surface area (Å²) >= 11 is 0. The highest BCUT2D eigenvalue weighted by molar-refractivity contribution is 5.89. The van der Waals surface area contributed by atoms with Gasteiger partial charge in [0.2, 0.25) is 5.88 Å². The van der Waals surface area contributed by atoms with Crippen LogP contribution >= 0.6 is 0 Å². The third kappa shape index (κ3) is 4.49. The molecule has 1 aliphatic rings. The predicted molar refractivity (Wildman–Crippen MR) is 146 cm³/mol. The largest absolute Gasteiger partial charge is 0.481 e. The molecule has 0 amide bonds. The Morgan fingerprint density at radius 1 is 0.917 bits per heavy atom. The summed E-state index contributed by atoms with van der Waals surface area (Å²) in [6.07, 6.45) is 0. The predicted octanol–water partition coefficient (Wildman–Crippen LogP) is 4.86. The van der Waals surface area contributed by atoms with E-state index in [2.05, 4.69) is 79.1 Å². The summed E-state index contributed by atoms with van der Waals surface area (Å²) in [6.45, 7) is 9.03. The lowest BCUT2D eigenvalue weighted by atomic mass is 9.94. The minimum Gasteiger partial charge on any atom is -0.481 e. The van der Waals surface area contributed by atoms with E-state index in [0.29, 0.717) is 5.88 Å². The Balaban J connectivity index is 1.50. The van der Waals surface area contributed by atoms with E-state index in [9.17, 15) is 4.79 Å². The van der Waals surface area contributed by atoms with E-state index in [4.69, 9.17) is 9.72 Å². The highest BCUT2D eigenvalue weighted by Gasteiger charge is 2.31. The molecule has 6 nitrogen and oxygen atoms in total. The van der Waals surface area contributed by atoms with E-state index in [1.807, 2.05) is 6.07 Å². The first-order valence-electron chi connectivity index (χ1n) is 12.5. The molecule has 1 fully saturated rings. The molecule has 186 valence electrons. The van der Waals surface area contributed by atoms with Gasteiger partial charge in [0.25, 0.3) is 5.56 Å². The summed E-state index contributed by atoms with van der Waals surface area (Å²) in [6, 6.07) is 23.6. The van der Waals surface area contributed by atoms with Crippen LogP contribution in [0, 0.1) is 13.8 Å². The number of aromatic nitrogens is 2. The van der Waals surface area contributed by atoms with Crippen LogP contribution in [0.4, 0.5) is 5.69 Å². The average Bonchev–Trinajstić information content (AvgIpc) is 2.88. The highest BCUT2D eigenvalue weighted by atomic mass is 16.5. The number of hydrogen-bond donors (Lipinski definition) is 0. The zero-order valence-electron chi connectivity index (χ0n) is 21.7. The number of nitrogens with zero attached hydrogens (tertiary/aromatic N) is 4. The molecule has 3 heterocycles. The molecule has 5 rings (SSSR count). The number of hydrogen-bond acceptors (Lipinski definition) is 5. The summed E-state index contributed by atoms with van der Waals surface area (Å²) in [4.78, 5) is 22.4. The van der Waals surface area contributed by atoms with Gasteiger partial charge in [0, 0.05) is 44.9 Å². The Morgan fingerprint density at radius 3 is 2.08 bits per heavy atom. The molecule has 36 heavy (non-hydrogen) atoms.